The van der Waals surface area contributed by atoms with Crippen LogP contribution in [0.3, 0.4) is 0 Å². The molecule has 7 heteroatoms. The van der Waals surface area contributed by atoms with Crippen molar-refractivity contribution >= 4 is 49.1 Å². The van der Waals surface area contributed by atoms with Gasteiger partial charge in [0.1, 0.15) is 11.5 Å². The molecular formula is C14H13Br2NO3S. The lowest BCUT2D eigenvalue weighted by Crippen LogP contribution is -2.22. The summed E-state index contributed by atoms with van der Waals surface area (Å²) in [7, 11) is 3.19. The van der Waals surface area contributed by atoms with Gasteiger partial charge in [-0.15, -0.1) is 11.3 Å². The van der Waals surface area contributed by atoms with Gasteiger partial charge >= 0.3 is 0 Å². The summed E-state index contributed by atoms with van der Waals surface area (Å²) in [6.45, 7) is 0.388. The van der Waals surface area contributed by atoms with E-state index in [4.69, 9.17) is 9.47 Å². The Bertz CT molecular complexity index is 638. The number of amides is 1. The monoisotopic (exact) mass is 433 g/mol. The highest BCUT2D eigenvalue weighted by molar-refractivity contribution is 9.13. The molecular weight excluding hydrogens is 422 g/mol. The van der Waals surface area contributed by atoms with E-state index in [9.17, 15) is 4.79 Å². The van der Waals surface area contributed by atoms with Gasteiger partial charge in [-0.05, 0) is 50.1 Å². The van der Waals surface area contributed by atoms with E-state index in [1.54, 1.807) is 26.4 Å². The zero-order chi connectivity index (χ0) is 15.4. The van der Waals surface area contributed by atoms with Crippen molar-refractivity contribution in [3.63, 3.8) is 0 Å². The highest BCUT2D eigenvalue weighted by atomic mass is 79.9. The molecule has 0 spiro atoms. The number of methoxy groups -OCH3 is 2. The van der Waals surface area contributed by atoms with Crippen LogP contribution in [0.1, 0.15) is 15.2 Å². The summed E-state index contributed by atoms with van der Waals surface area (Å²) in [5, 5.41) is 2.88. The molecule has 112 valence electrons. The van der Waals surface area contributed by atoms with Crippen LogP contribution in [0.25, 0.3) is 0 Å². The predicted molar refractivity (Wildman–Crippen MR) is 90.4 cm³/mol. The molecule has 1 aromatic carbocycles. The maximum absolute atomic E-state index is 12.1. The zero-order valence-corrected chi connectivity index (χ0v) is 15.4. The van der Waals surface area contributed by atoms with Gasteiger partial charge in [-0.3, -0.25) is 4.79 Å². The smallest absolute Gasteiger partial charge is 0.261 e. The van der Waals surface area contributed by atoms with E-state index in [0.29, 0.717) is 22.9 Å². The van der Waals surface area contributed by atoms with Gasteiger partial charge in [-0.1, -0.05) is 0 Å². The van der Waals surface area contributed by atoms with Crippen LogP contribution in [0.2, 0.25) is 0 Å². The fraction of sp³-hybridized carbons (Fsp3) is 0.214. The van der Waals surface area contributed by atoms with Crippen molar-refractivity contribution in [1.82, 2.24) is 5.32 Å². The lowest BCUT2D eigenvalue weighted by atomic mass is 10.2. The first-order valence-corrected chi connectivity index (χ1v) is 8.39. The number of thiophene rings is 1. The topological polar surface area (TPSA) is 47.6 Å². The van der Waals surface area contributed by atoms with Gasteiger partial charge in [0.2, 0.25) is 0 Å². The molecule has 0 radical (unpaired) electrons. The van der Waals surface area contributed by atoms with Crippen LogP contribution >= 0.6 is 43.2 Å². The number of halogens is 2. The molecule has 1 aromatic heterocycles. The zero-order valence-electron chi connectivity index (χ0n) is 11.4. The molecule has 0 aliphatic rings. The number of benzene rings is 1. The minimum Gasteiger partial charge on any atom is -0.497 e. The van der Waals surface area contributed by atoms with Gasteiger partial charge in [0.15, 0.2) is 0 Å². The van der Waals surface area contributed by atoms with Crippen LogP contribution in [0, 0.1) is 0 Å². The van der Waals surface area contributed by atoms with Crippen LogP contribution < -0.4 is 14.8 Å². The van der Waals surface area contributed by atoms with E-state index < -0.39 is 0 Å². The third-order valence-electron chi connectivity index (χ3n) is 2.80. The van der Waals surface area contributed by atoms with Crippen molar-refractivity contribution < 1.29 is 14.3 Å². The maximum Gasteiger partial charge on any atom is 0.261 e. The second-order valence-electron chi connectivity index (χ2n) is 4.09. The average molecular weight is 435 g/mol. The van der Waals surface area contributed by atoms with Crippen LogP contribution in [-0.4, -0.2) is 20.1 Å². The Kier molecular flexibility index (Phi) is 5.66. The molecule has 0 saturated carbocycles. The number of hydrogen-bond acceptors (Lipinski definition) is 4. The molecule has 0 fully saturated rings. The minimum atomic E-state index is -0.121. The van der Waals surface area contributed by atoms with E-state index >= 15 is 0 Å². The van der Waals surface area contributed by atoms with Crippen molar-refractivity contribution in [3.05, 3.63) is 43.0 Å². The summed E-state index contributed by atoms with van der Waals surface area (Å²) >= 11 is 8.13. The maximum atomic E-state index is 12.1. The third-order valence-corrected chi connectivity index (χ3v) is 6.06. The lowest BCUT2D eigenvalue weighted by molar-refractivity contribution is 0.0954. The number of hydrogen-bond donors (Lipinski definition) is 1. The number of carbonyl (C=O) groups excluding carboxylic acids is 1. The van der Waals surface area contributed by atoms with Gasteiger partial charge in [0, 0.05) is 22.6 Å². The van der Waals surface area contributed by atoms with E-state index in [0.717, 1.165) is 13.8 Å². The lowest BCUT2D eigenvalue weighted by Gasteiger charge is -2.11. The molecule has 4 nitrogen and oxygen atoms in total. The summed E-state index contributed by atoms with van der Waals surface area (Å²) in [5.41, 5.74) is 0.890. The fourth-order valence-electron chi connectivity index (χ4n) is 1.72. The highest BCUT2D eigenvalue weighted by Crippen LogP contribution is 2.32. The Balaban J connectivity index is 2.07. The van der Waals surface area contributed by atoms with Crippen LogP contribution in [0.5, 0.6) is 11.5 Å². The summed E-state index contributed by atoms with van der Waals surface area (Å²) < 4.78 is 12.2. The summed E-state index contributed by atoms with van der Waals surface area (Å²) in [6, 6.07) is 7.29. The normalized spacial score (nSPS) is 10.3. The first-order chi connectivity index (χ1) is 10.0. The van der Waals surface area contributed by atoms with Crippen LogP contribution in [0.4, 0.5) is 0 Å². The van der Waals surface area contributed by atoms with Gasteiger partial charge in [0.25, 0.3) is 5.91 Å². The Hall–Kier alpha value is -1.05. The van der Waals surface area contributed by atoms with Crippen LogP contribution in [-0.2, 0) is 6.54 Å². The van der Waals surface area contributed by atoms with E-state index in [1.165, 1.54) is 11.3 Å². The van der Waals surface area contributed by atoms with Crippen molar-refractivity contribution in [2.24, 2.45) is 0 Å². The SMILES string of the molecule is COc1ccc(CNC(=O)c2cc(Br)c(Br)s2)c(OC)c1. The molecule has 0 atom stereocenters. The predicted octanol–water partition coefficient (Wildman–Crippen LogP) is 4.22. The highest BCUT2D eigenvalue weighted by Gasteiger charge is 2.13. The van der Waals surface area contributed by atoms with Crippen molar-refractivity contribution in [2.45, 2.75) is 6.54 Å². The molecule has 0 aliphatic carbocycles. The molecule has 0 unspecified atom stereocenters. The molecule has 1 N–H and O–H groups in total. The number of rotatable bonds is 5. The molecule has 0 saturated heterocycles. The van der Waals surface area contributed by atoms with E-state index in [1.807, 2.05) is 12.1 Å². The molecule has 2 aromatic rings. The molecule has 1 heterocycles. The first kappa shape index (κ1) is 16.3. The first-order valence-electron chi connectivity index (χ1n) is 5.99. The van der Waals surface area contributed by atoms with Crippen molar-refractivity contribution in [1.29, 1.82) is 0 Å². The fourth-order valence-corrected chi connectivity index (χ4v) is 3.67. The molecule has 21 heavy (non-hydrogen) atoms. The molecule has 1 amide bonds. The Morgan fingerprint density at radius 3 is 2.57 bits per heavy atom. The standard InChI is InChI=1S/C14H13Br2NO3S/c1-19-9-4-3-8(11(5-9)20-2)7-17-14(18)12-6-10(15)13(16)21-12/h3-6H,7H2,1-2H3,(H,17,18). The summed E-state index contributed by atoms with van der Waals surface area (Å²) in [5.74, 6) is 1.28. The molecule has 2 rings (SSSR count). The Morgan fingerprint density at radius 2 is 2.00 bits per heavy atom. The number of carbonyl (C=O) groups is 1. The van der Waals surface area contributed by atoms with Gasteiger partial charge in [-0.25, -0.2) is 0 Å². The third kappa shape index (κ3) is 3.99. The second kappa shape index (κ2) is 7.29. The Labute approximate surface area is 143 Å². The second-order valence-corrected chi connectivity index (χ2v) is 7.32. The van der Waals surface area contributed by atoms with Crippen LogP contribution in [0.15, 0.2) is 32.5 Å². The van der Waals surface area contributed by atoms with Gasteiger partial charge < -0.3 is 14.8 Å². The summed E-state index contributed by atoms with van der Waals surface area (Å²) in [4.78, 5) is 12.7. The molecule has 0 bridgehead atoms. The largest absolute Gasteiger partial charge is 0.497 e. The van der Waals surface area contributed by atoms with E-state index in [2.05, 4.69) is 37.2 Å². The Morgan fingerprint density at radius 1 is 1.24 bits per heavy atom. The average Bonchev–Trinajstić information content (AvgIpc) is 2.84. The summed E-state index contributed by atoms with van der Waals surface area (Å²) in [6.07, 6.45) is 0. The van der Waals surface area contributed by atoms with E-state index in [-0.39, 0.29) is 5.91 Å². The van der Waals surface area contributed by atoms with Gasteiger partial charge in [0.05, 0.1) is 22.9 Å². The quantitative estimate of drug-likeness (QED) is 0.766. The minimum absolute atomic E-state index is 0.121. The van der Waals surface area contributed by atoms with Crippen molar-refractivity contribution in [2.75, 3.05) is 14.2 Å². The number of nitrogens with one attached hydrogen (secondary N) is 1. The number of ether oxygens (including phenoxy) is 2. The van der Waals surface area contributed by atoms with Gasteiger partial charge in [-0.2, -0.15) is 0 Å². The molecule has 0 aliphatic heterocycles. The van der Waals surface area contributed by atoms with Crippen molar-refractivity contribution in [3.8, 4) is 11.5 Å².